The van der Waals surface area contributed by atoms with Gasteiger partial charge in [-0.3, -0.25) is 0 Å². The maximum Gasteiger partial charge on any atom is 0.317 e. The Morgan fingerprint density at radius 1 is 1.25 bits per heavy atom. The van der Waals surface area contributed by atoms with E-state index in [-0.39, 0.29) is 6.03 Å². The third-order valence-corrected chi connectivity index (χ3v) is 3.62. The van der Waals surface area contributed by atoms with Crippen LogP contribution in [0.4, 0.5) is 4.79 Å². The molecule has 2 amide bonds. The number of nitrogens with zero attached hydrogens (tertiary/aromatic N) is 1. The molecule has 1 saturated heterocycles. The number of amides is 2. The quantitative estimate of drug-likeness (QED) is 0.859. The first kappa shape index (κ1) is 14.7. The number of carbonyl (C=O) groups excluding carboxylic acids is 1. The summed E-state index contributed by atoms with van der Waals surface area (Å²) in [4.78, 5) is 13.8. The molecule has 110 valence electrons. The zero-order chi connectivity index (χ0) is 14.4. The molecule has 0 aromatic heterocycles. The molecule has 1 aromatic rings. The van der Waals surface area contributed by atoms with Gasteiger partial charge in [0.05, 0.1) is 6.54 Å². The van der Waals surface area contributed by atoms with Gasteiger partial charge < -0.3 is 15.0 Å². The highest BCUT2D eigenvalue weighted by atomic mass is 16.5. The molecule has 2 rings (SSSR count). The van der Waals surface area contributed by atoms with E-state index in [0.717, 1.165) is 37.2 Å². The fourth-order valence-corrected chi connectivity index (χ4v) is 2.39. The van der Waals surface area contributed by atoms with E-state index in [2.05, 4.69) is 17.4 Å². The third kappa shape index (κ3) is 4.15. The van der Waals surface area contributed by atoms with Gasteiger partial charge in [0.1, 0.15) is 12.4 Å². The van der Waals surface area contributed by atoms with E-state index < -0.39 is 0 Å². The molecule has 4 nitrogen and oxygen atoms in total. The van der Waals surface area contributed by atoms with Gasteiger partial charge >= 0.3 is 6.03 Å². The highest BCUT2D eigenvalue weighted by Gasteiger charge is 2.15. The number of hydrogen-bond acceptors (Lipinski definition) is 2. The predicted octanol–water partition coefficient (Wildman–Crippen LogP) is 2.88. The Bertz CT molecular complexity index is 454. The number of urea groups is 1. The number of ether oxygens (including phenoxy) is 1. The predicted molar refractivity (Wildman–Crippen MR) is 80.2 cm³/mol. The molecule has 4 heteroatoms. The molecule has 0 unspecified atom stereocenters. The molecule has 0 saturated carbocycles. The van der Waals surface area contributed by atoms with E-state index in [1.165, 1.54) is 12.0 Å². The summed E-state index contributed by atoms with van der Waals surface area (Å²) in [5.74, 6) is 0.900. The van der Waals surface area contributed by atoms with Crippen molar-refractivity contribution in [3.8, 4) is 5.75 Å². The minimum atomic E-state index is 0.0364. The van der Waals surface area contributed by atoms with E-state index in [4.69, 9.17) is 4.74 Å². The molecule has 0 atom stereocenters. The van der Waals surface area contributed by atoms with Crippen molar-refractivity contribution in [2.75, 3.05) is 26.2 Å². The maximum absolute atomic E-state index is 11.9. The first-order valence-electron chi connectivity index (χ1n) is 7.39. The molecule has 1 heterocycles. The normalized spacial score (nSPS) is 15.0. The first-order valence-corrected chi connectivity index (χ1v) is 7.39. The van der Waals surface area contributed by atoms with Crippen LogP contribution in [0.25, 0.3) is 0 Å². The van der Waals surface area contributed by atoms with Crippen molar-refractivity contribution >= 4 is 6.03 Å². The van der Waals surface area contributed by atoms with Gasteiger partial charge in [0.15, 0.2) is 0 Å². The molecule has 1 aliphatic rings. The lowest BCUT2D eigenvalue weighted by atomic mass is 10.1. The summed E-state index contributed by atoms with van der Waals surface area (Å²) in [6, 6.07) is 6.19. The molecular weight excluding hydrogens is 252 g/mol. The lowest BCUT2D eigenvalue weighted by Gasteiger charge is -2.26. The van der Waals surface area contributed by atoms with E-state index in [0.29, 0.717) is 13.2 Å². The Labute approximate surface area is 121 Å². The van der Waals surface area contributed by atoms with Gasteiger partial charge in [-0.2, -0.15) is 0 Å². The van der Waals surface area contributed by atoms with Crippen LogP contribution in [-0.4, -0.2) is 37.2 Å². The SMILES string of the molecule is Cc1ccc(C)c(OCCNC(=O)N2CCCCC2)c1. The molecule has 0 spiro atoms. The molecule has 20 heavy (non-hydrogen) atoms. The highest BCUT2D eigenvalue weighted by molar-refractivity contribution is 5.74. The second kappa shape index (κ2) is 7.17. The fraction of sp³-hybridized carbons (Fsp3) is 0.562. The van der Waals surface area contributed by atoms with Gasteiger partial charge in [0.25, 0.3) is 0 Å². The second-order valence-corrected chi connectivity index (χ2v) is 5.40. The number of aryl methyl sites for hydroxylation is 2. The summed E-state index contributed by atoms with van der Waals surface area (Å²) in [7, 11) is 0. The first-order chi connectivity index (χ1) is 9.66. The Balaban J connectivity index is 1.70. The average Bonchev–Trinajstić information content (AvgIpc) is 2.47. The van der Waals surface area contributed by atoms with Gasteiger partial charge in [-0.25, -0.2) is 4.79 Å². The van der Waals surface area contributed by atoms with E-state index in [1.54, 1.807) is 0 Å². The Morgan fingerprint density at radius 3 is 2.75 bits per heavy atom. The molecule has 1 N–H and O–H groups in total. The van der Waals surface area contributed by atoms with Gasteiger partial charge in [0, 0.05) is 13.1 Å². The zero-order valence-electron chi connectivity index (χ0n) is 12.4. The molecule has 1 aliphatic heterocycles. The third-order valence-electron chi connectivity index (χ3n) is 3.62. The zero-order valence-corrected chi connectivity index (χ0v) is 12.4. The van der Waals surface area contributed by atoms with Crippen LogP contribution in [0.1, 0.15) is 30.4 Å². The number of hydrogen-bond donors (Lipinski definition) is 1. The molecule has 1 fully saturated rings. The molecule has 1 aromatic carbocycles. The van der Waals surface area contributed by atoms with Crippen molar-refractivity contribution in [3.05, 3.63) is 29.3 Å². The molecule has 0 bridgehead atoms. The van der Waals surface area contributed by atoms with Crippen molar-refractivity contribution < 1.29 is 9.53 Å². The highest BCUT2D eigenvalue weighted by Crippen LogP contribution is 2.18. The van der Waals surface area contributed by atoms with Crippen LogP contribution in [0.2, 0.25) is 0 Å². The van der Waals surface area contributed by atoms with E-state index >= 15 is 0 Å². The summed E-state index contributed by atoms with van der Waals surface area (Å²) in [5.41, 5.74) is 2.31. The van der Waals surface area contributed by atoms with Crippen molar-refractivity contribution in [1.82, 2.24) is 10.2 Å². The summed E-state index contributed by atoms with van der Waals surface area (Å²) in [5, 5.41) is 2.92. The number of carbonyl (C=O) groups is 1. The minimum absolute atomic E-state index is 0.0364. The monoisotopic (exact) mass is 276 g/mol. The van der Waals surface area contributed by atoms with Crippen LogP contribution >= 0.6 is 0 Å². The minimum Gasteiger partial charge on any atom is -0.491 e. The molecule has 0 aliphatic carbocycles. The van der Waals surface area contributed by atoms with Crippen molar-refractivity contribution in [3.63, 3.8) is 0 Å². The van der Waals surface area contributed by atoms with Crippen LogP contribution in [0.5, 0.6) is 5.75 Å². The van der Waals surface area contributed by atoms with Gasteiger partial charge in [-0.1, -0.05) is 12.1 Å². The molecular formula is C16H24N2O2. The van der Waals surface area contributed by atoms with Crippen molar-refractivity contribution in [2.45, 2.75) is 33.1 Å². The van der Waals surface area contributed by atoms with Crippen LogP contribution in [-0.2, 0) is 0 Å². The lowest BCUT2D eigenvalue weighted by molar-refractivity contribution is 0.183. The van der Waals surface area contributed by atoms with E-state index in [9.17, 15) is 4.79 Å². The van der Waals surface area contributed by atoms with E-state index in [1.807, 2.05) is 24.8 Å². The summed E-state index contributed by atoms with van der Waals surface area (Å²) in [6.45, 7) is 6.88. The molecule has 0 radical (unpaired) electrons. The number of rotatable bonds is 4. The number of nitrogens with one attached hydrogen (secondary N) is 1. The summed E-state index contributed by atoms with van der Waals surface area (Å²) < 4.78 is 5.72. The maximum atomic E-state index is 11.9. The number of piperidine rings is 1. The second-order valence-electron chi connectivity index (χ2n) is 5.40. The summed E-state index contributed by atoms with van der Waals surface area (Å²) >= 11 is 0. The van der Waals surface area contributed by atoms with Gasteiger partial charge in [-0.05, 0) is 50.3 Å². The fourth-order valence-electron chi connectivity index (χ4n) is 2.39. The Hall–Kier alpha value is -1.71. The van der Waals surface area contributed by atoms with Crippen LogP contribution < -0.4 is 10.1 Å². The van der Waals surface area contributed by atoms with Crippen molar-refractivity contribution in [2.24, 2.45) is 0 Å². The number of likely N-dealkylation sites (tertiary alicyclic amines) is 1. The standard InChI is InChI=1S/C16H24N2O2/c1-13-6-7-14(2)15(12-13)20-11-8-17-16(19)18-9-4-3-5-10-18/h6-7,12H,3-5,8-11H2,1-2H3,(H,17,19). The topological polar surface area (TPSA) is 41.6 Å². The Morgan fingerprint density at radius 2 is 2.00 bits per heavy atom. The average molecular weight is 276 g/mol. The Kier molecular flexibility index (Phi) is 5.27. The number of benzene rings is 1. The van der Waals surface area contributed by atoms with Crippen LogP contribution in [0.15, 0.2) is 18.2 Å². The van der Waals surface area contributed by atoms with Crippen molar-refractivity contribution in [1.29, 1.82) is 0 Å². The smallest absolute Gasteiger partial charge is 0.317 e. The van der Waals surface area contributed by atoms with Crippen LogP contribution in [0.3, 0.4) is 0 Å². The van der Waals surface area contributed by atoms with Crippen LogP contribution in [0, 0.1) is 13.8 Å². The largest absolute Gasteiger partial charge is 0.491 e. The van der Waals surface area contributed by atoms with Gasteiger partial charge in [-0.15, -0.1) is 0 Å². The van der Waals surface area contributed by atoms with Gasteiger partial charge in [0.2, 0.25) is 0 Å². The summed E-state index contributed by atoms with van der Waals surface area (Å²) in [6.07, 6.45) is 3.47. The lowest BCUT2D eigenvalue weighted by Crippen LogP contribution is -2.43.